The largest absolute Gasteiger partial charge is 0.304 e. The number of aromatic nitrogens is 3. The van der Waals surface area contributed by atoms with Gasteiger partial charge in [0.2, 0.25) is 0 Å². The Morgan fingerprint density at radius 2 is 2.08 bits per heavy atom. The van der Waals surface area contributed by atoms with E-state index in [1.165, 1.54) is 16.0 Å². The monoisotopic (exact) mass is 340 g/mol. The van der Waals surface area contributed by atoms with Gasteiger partial charge in [-0.2, -0.15) is 5.10 Å². The van der Waals surface area contributed by atoms with Crippen molar-refractivity contribution in [3.05, 3.63) is 63.7 Å². The van der Waals surface area contributed by atoms with Crippen LogP contribution in [0.5, 0.6) is 0 Å². The Kier molecular flexibility index (Phi) is 5.05. The molecule has 0 fully saturated rings. The number of thiophene rings is 1. The molecule has 0 unspecified atom stereocenters. The quantitative estimate of drug-likeness (QED) is 0.744. The van der Waals surface area contributed by atoms with Crippen molar-refractivity contribution in [2.75, 3.05) is 5.32 Å². The molecular weight excluding hydrogens is 320 g/mol. The van der Waals surface area contributed by atoms with Gasteiger partial charge in [0, 0.05) is 36.1 Å². The van der Waals surface area contributed by atoms with Crippen molar-refractivity contribution in [3.63, 3.8) is 0 Å². The minimum Gasteiger partial charge on any atom is -0.304 e. The van der Waals surface area contributed by atoms with Gasteiger partial charge in [0.25, 0.3) is 5.91 Å². The Bertz CT molecular complexity index is 823. The van der Waals surface area contributed by atoms with Crippen molar-refractivity contribution < 1.29 is 4.79 Å². The third-order valence-electron chi connectivity index (χ3n) is 3.83. The normalized spacial score (nSPS) is 10.8. The first kappa shape index (κ1) is 16.4. The standard InChI is InChI=1S/C18H20N4OS/c1-3-15-13(2)12-16(24-15)18(23)20-17-7-11-22(21-17)10-6-14-4-8-19-9-5-14/h4-5,7-9,11-12H,3,6,10H2,1-2H3,(H,20,21,23). The molecule has 0 bridgehead atoms. The molecule has 0 aromatic carbocycles. The van der Waals surface area contributed by atoms with E-state index in [9.17, 15) is 4.79 Å². The molecule has 1 amide bonds. The van der Waals surface area contributed by atoms with Crippen LogP contribution in [0.25, 0.3) is 0 Å². The van der Waals surface area contributed by atoms with Crippen molar-refractivity contribution >= 4 is 23.1 Å². The fourth-order valence-corrected chi connectivity index (χ4v) is 3.52. The van der Waals surface area contributed by atoms with Gasteiger partial charge in [0.1, 0.15) is 0 Å². The number of pyridine rings is 1. The zero-order chi connectivity index (χ0) is 16.9. The number of hydrogen-bond donors (Lipinski definition) is 1. The number of carbonyl (C=O) groups excluding carboxylic acids is 1. The van der Waals surface area contributed by atoms with Crippen LogP contribution in [0.3, 0.4) is 0 Å². The van der Waals surface area contributed by atoms with Crippen molar-refractivity contribution in [2.45, 2.75) is 33.2 Å². The Balaban J connectivity index is 1.60. The molecule has 3 aromatic rings. The zero-order valence-corrected chi connectivity index (χ0v) is 14.6. The summed E-state index contributed by atoms with van der Waals surface area (Å²) in [6.07, 6.45) is 7.29. The molecule has 24 heavy (non-hydrogen) atoms. The second kappa shape index (κ2) is 7.40. The van der Waals surface area contributed by atoms with Crippen LogP contribution in [0, 0.1) is 6.92 Å². The first-order valence-corrected chi connectivity index (χ1v) is 8.80. The average Bonchev–Trinajstić information content (AvgIpc) is 3.20. The molecule has 0 atom stereocenters. The Morgan fingerprint density at radius 3 is 2.79 bits per heavy atom. The summed E-state index contributed by atoms with van der Waals surface area (Å²) in [5.41, 5.74) is 2.39. The summed E-state index contributed by atoms with van der Waals surface area (Å²) in [5, 5.41) is 7.28. The number of anilines is 1. The number of carbonyl (C=O) groups is 1. The molecule has 3 heterocycles. The van der Waals surface area contributed by atoms with E-state index in [0.717, 1.165) is 24.3 Å². The van der Waals surface area contributed by atoms with Gasteiger partial charge in [-0.15, -0.1) is 11.3 Å². The van der Waals surface area contributed by atoms with Crippen LogP contribution in [-0.4, -0.2) is 20.7 Å². The molecule has 0 saturated heterocycles. The first-order chi connectivity index (χ1) is 11.7. The van der Waals surface area contributed by atoms with Crippen LogP contribution in [0.2, 0.25) is 0 Å². The summed E-state index contributed by atoms with van der Waals surface area (Å²) >= 11 is 1.55. The van der Waals surface area contributed by atoms with Crippen molar-refractivity contribution in [3.8, 4) is 0 Å². The van der Waals surface area contributed by atoms with E-state index in [1.54, 1.807) is 23.7 Å². The minimum atomic E-state index is -0.0952. The van der Waals surface area contributed by atoms with E-state index in [0.29, 0.717) is 5.82 Å². The molecule has 3 aromatic heterocycles. The van der Waals surface area contributed by atoms with Gasteiger partial charge in [-0.25, -0.2) is 0 Å². The number of nitrogens with zero attached hydrogens (tertiary/aromatic N) is 3. The summed E-state index contributed by atoms with van der Waals surface area (Å²) in [7, 11) is 0. The molecule has 0 aliphatic carbocycles. The topological polar surface area (TPSA) is 59.8 Å². The highest BCUT2D eigenvalue weighted by Gasteiger charge is 2.13. The third kappa shape index (κ3) is 3.89. The minimum absolute atomic E-state index is 0.0952. The smallest absolute Gasteiger partial charge is 0.266 e. The van der Waals surface area contributed by atoms with Crippen LogP contribution in [0.15, 0.2) is 42.9 Å². The molecule has 0 radical (unpaired) electrons. The predicted octanol–water partition coefficient (Wildman–Crippen LogP) is 3.71. The van der Waals surface area contributed by atoms with Crippen LogP contribution in [0.4, 0.5) is 5.82 Å². The molecule has 5 nitrogen and oxygen atoms in total. The lowest BCUT2D eigenvalue weighted by Gasteiger charge is -2.02. The van der Waals surface area contributed by atoms with Gasteiger partial charge in [-0.1, -0.05) is 6.92 Å². The predicted molar refractivity (Wildman–Crippen MR) is 96.6 cm³/mol. The number of hydrogen-bond acceptors (Lipinski definition) is 4. The molecule has 6 heteroatoms. The zero-order valence-electron chi connectivity index (χ0n) is 13.8. The van der Waals surface area contributed by atoms with Gasteiger partial charge in [0.05, 0.1) is 4.88 Å². The van der Waals surface area contributed by atoms with E-state index >= 15 is 0 Å². The van der Waals surface area contributed by atoms with E-state index in [-0.39, 0.29) is 5.91 Å². The van der Waals surface area contributed by atoms with E-state index in [4.69, 9.17) is 0 Å². The van der Waals surface area contributed by atoms with Crippen molar-refractivity contribution in [1.82, 2.24) is 14.8 Å². The molecule has 0 spiro atoms. The molecule has 1 N–H and O–H groups in total. The van der Waals surface area contributed by atoms with Crippen LogP contribution in [0.1, 0.15) is 32.6 Å². The van der Waals surface area contributed by atoms with Gasteiger partial charge in [-0.3, -0.25) is 14.5 Å². The van der Waals surface area contributed by atoms with Crippen molar-refractivity contribution in [1.29, 1.82) is 0 Å². The molecule has 3 rings (SSSR count). The fourth-order valence-electron chi connectivity index (χ4n) is 2.51. The number of rotatable bonds is 6. The summed E-state index contributed by atoms with van der Waals surface area (Å²) in [4.78, 5) is 18.3. The SMILES string of the molecule is CCc1sc(C(=O)Nc2ccn(CCc3ccncc3)n2)cc1C. The van der Waals surface area contributed by atoms with E-state index in [1.807, 2.05) is 42.1 Å². The van der Waals surface area contributed by atoms with Gasteiger partial charge in [-0.05, 0) is 49.1 Å². The lowest BCUT2D eigenvalue weighted by molar-refractivity contribution is 0.103. The Hall–Kier alpha value is -2.47. The second-order valence-corrected chi connectivity index (χ2v) is 6.73. The highest BCUT2D eigenvalue weighted by Crippen LogP contribution is 2.23. The molecule has 0 saturated carbocycles. The Morgan fingerprint density at radius 1 is 1.29 bits per heavy atom. The molecule has 0 aliphatic heterocycles. The van der Waals surface area contributed by atoms with Crippen LogP contribution < -0.4 is 5.32 Å². The third-order valence-corrected chi connectivity index (χ3v) is 5.21. The molecular formula is C18H20N4OS. The maximum absolute atomic E-state index is 12.3. The highest BCUT2D eigenvalue weighted by molar-refractivity contribution is 7.14. The van der Waals surface area contributed by atoms with Crippen LogP contribution >= 0.6 is 11.3 Å². The maximum atomic E-state index is 12.3. The lowest BCUT2D eigenvalue weighted by atomic mass is 10.2. The average molecular weight is 340 g/mol. The first-order valence-electron chi connectivity index (χ1n) is 7.98. The lowest BCUT2D eigenvalue weighted by Crippen LogP contribution is -2.11. The van der Waals surface area contributed by atoms with Crippen molar-refractivity contribution in [2.24, 2.45) is 0 Å². The maximum Gasteiger partial charge on any atom is 0.266 e. The summed E-state index contributed by atoms with van der Waals surface area (Å²) in [6.45, 7) is 4.91. The second-order valence-electron chi connectivity index (χ2n) is 5.59. The fraction of sp³-hybridized carbons (Fsp3) is 0.278. The summed E-state index contributed by atoms with van der Waals surface area (Å²) < 4.78 is 1.84. The summed E-state index contributed by atoms with van der Waals surface area (Å²) in [6, 6.07) is 7.76. The Labute approximate surface area is 145 Å². The number of aryl methyl sites for hydroxylation is 4. The van der Waals surface area contributed by atoms with E-state index < -0.39 is 0 Å². The van der Waals surface area contributed by atoms with Crippen LogP contribution in [-0.2, 0) is 19.4 Å². The summed E-state index contributed by atoms with van der Waals surface area (Å²) in [5.74, 6) is 0.487. The van der Waals surface area contributed by atoms with Gasteiger partial charge < -0.3 is 5.32 Å². The number of amides is 1. The number of nitrogens with one attached hydrogen (secondary N) is 1. The van der Waals surface area contributed by atoms with Gasteiger partial charge in [0.15, 0.2) is 5.82 Å². The highest BCUT2D eigenvalue weighted by atomic mass is 32.1. The van der Waals surface area contributed by atoms with Gasteiger partial charge >= 0.3 is 0 Å². The van der Waals surface area contributed by atoms with E-state index in [2.05, 4.69) is 22.3 Å². The molecule has 0 aliphatic rings. The molecule has 124 valence electrons.